The molecule has 2 heterocycles. The second-order valence-corrected chi connectivity index (χ2v) is 3.65. The minimum atomic E-state index is -0.335. The number of aromatic nitrogens is 1. The van der Waals surface area contributed by atoms with Gasteiger partial charge in [-0.05, 0) is 24.6 Å². The van der Waals surface area contributed by atoms with Crippen LogP contribution in [-0.4, -0.2) is 29.3 Å². The Morgan fingerprint density at radius 3 is 3.07 bits per heavy atom. The fraction of sp³-hybridized carbons (Fsp3) is 0.500. The van der Waals surface area contributed by atoms with Gasteiger partial charge in [-0.3, -0.25) is 4.79 Å². The van der Waals surface area contributed by atoms with Gasteiger partial charge in [0.25, 0.3) is 0 Å². The van der Waals surface area contributed by atoms with Crippen molar-refractivity contribution < 1.29 is 5.11 Å². The Bertz CT molecular complexity index is 361. The van der Waals surface area contributed by atoms with E-state index in [1.54, 1.807) is 12.3 Å². The van der Waals surface area contributed by atoms with Crippen molar-refractivity contribution in [2.75, 3.05) is 13.1 Å². The molecule has 0 radical (unpaired) electrons. The highest BCUT2D eigenvalue weighted by molar-refractivity contribution is 5.18. The first-order chi connectivity index (χ1) is 6.77. The molecule has 2 rings (SSSR count). The summed E-state index contributed by atoms with van der Waals surface area (Å²) >= 11 is 0. The number of aliphatic hydroxyl groups is 1. The quantitative estimate of drug-likeness (QED) is 0.580. The van der Waals surface area contributed by atoms with Crippen LogP contribution in [0.1, 0.15) is 17.9 Å². The monoisotopic (exact) mass is 194 g/mol. The fourth-order valence-corrected chi connectivity index (χ4v) is 1.88. The van der Waals surface area contributed by atoms with Crippen LogP contribution in [-0.2, 0) is 0 Å². The number of hydrogen-bond donors (Lipinski definition) is 3. The second kappa shape index (κ2) is 3.94. The molecule has 4 heteroatoms. The van der Waals surface area contributed by atoms with Crippen LogP contribution < -0.4 is 10.9 Å². The summed E-state index contributed by atoms with van der Waals surface area (Å²) in [6.45, 7) is 1.59. The van der Waals surface area contributed by atoms with Crippen LogP contribution in [0.15, 0.2) is 23.1 Å². The summed E-state index contributed by atoms with van der Waals surface area (Å²) in [7, 11) is 0. The van der Waals surface area contributed by atoms with Crippen LogP contribution in [0.5, 0.6) is 0 Å². The Labute approximate surface area is 82.0 Å². The molecule has 4 nitrogen and oxygen atoms in total. The second-order valence-electron chi connectivity index (χ2n) is 3.65. The maximum atomic E-state index is 11.1. The third kappa shape index (κ3) is 1.86. The molecule has 0 saturated carbocycles. The first-order valence-electron chi connectivity index (χ1n) is 4.85. The Hall–Kier alpha value is -1.13. The minimum Gasteiger partial charge on any atom is -0.392 e. The summed E-state index contributed by atoms with van der Waals surface area (Å²) < 4.78 is 0. The normalized spacial score (nSPS) is 27.5. The summed E-state index contributed by atoms with van der Waals surface area (Å²) in [5, 5.41) is 13.0. The van der Waals surface area contributed by atoms with Crippen LogP contribution in [0.25, 0.3) is 0 Å². The van der Waals surface area contributed by atoms with Gasteiger partial charge in [0.1, 0.15) is 0 Å². The Balaban J connectivity index is 2.24. The van der Waals surface area contributed by atoms with Crippen molar-refractivity contribution in [2.24, 2.45) is 0 Å². The van der Waals surface area contributed by atoms with E-state index in [1.807, 2.05) is 6.07 Å². The van der Waals surface area contributed by atoms with Gasteiger partial charge in [-0.2, -0.15) is 0 Å². The highest BCUT2D eigenvalue weighted by atomic mass is 16.3. The highest BCUT2D eigenvalue weighted by Crippen LogP contribution is 2.21. The lowest BCUT2D eigenvalue weighted by atomic mass is 9.90. The fourth-order valence-electron chi connectivity index (χ4n) is 1.88. The number of H-pyrrole nitrogens is 1. The first-order valence-corrected chi connectivity index (χ1v) is 4.85. The van der Waals surface area contributed by atoms with Crippen LogP contribution in [0.3, 0.4) is 0 Å². The summed E-state index contributed by atoms with van der Waals surface area (Å²) in [6.07, 6.45) is 2.04. The van der Waals surface area contributed by atoms with Gasteiger partial charge in [-0.1, -0.05) is 0 Å². The number of aliphatic hydroxyl groups excluding tert-OH is 1. The third-order valence-electron chi connectivity index (χ3n) is 2.67. The molecule has 3 N–H and O–H groups in total. The average Bonchev–Trinajstić information content (AvgIpc) is 2.18. The Morgan fingerprint density at radius 1 is 1.50 bits per heavy atom. The predicted octanol–water partition coefficient (Wildman–Crippen LogP) is -0.187. The van der Waals surface area contributed by atoms with E-state index in [0.717, 1.165) is 25.1 Å². The lowest BCUT2D eigenvalue weighted by Gasteiger charge is -2.28. The van der Waals surface area contributed by atoms with Gasteiger partial charge in [0.2, 0.25) is 5.56 Å². The van der Waals surface area contributed by atoms with E-state index in [1.165, 1.54) is 0 Å². The van der Waals surface area contributed by atoms with Crippen molar-refractivity contribution in [3.05, 3.63) is 34.2 Å². The minimum absolute atomic E-state index is 0.0473. The summed E-state index contributed by atoms with van der Waals surface area (Å²) in [4.78, 5) is 13.6. The molecule has 1 aliphatic rings. The highest BCUT2D eigenvalue weighted by Gasteiger charge is 2.24. The van der Waals surface area contributed by atoms with Gasteiger partial charge in [-0.15, -0.1) is 0 Å². The zero-order chi connectivity index (χ0) is 9.97. The predicted molar refractivity (Wildman–Crippen MR) is 53.3 cm³/mol. The smallest absolute Gasteiger partial charge is 0.248 e. The topological polar surface area (TPSA) is 65.1 Å². The molecular weight excluding hydrogens is 180 g/mol. The van der Waals surface area contributed by atoms with Gasteiger partial charge >= 0.3 is 0 Å². The largest absolute Gasteiger partial charge is 0.392 e. The number of rotatable bonds is 1. The molecule has 1 saturated heterocycles. The third-order valence-corrected chi connectivity index (χ3v) is 2.67. The van der Waals surface area contributed by atoms with Crippen LogP contribution in [0.4, 0.5) is 0 Å². The molecular formula is C10H14N2O2. The van der Waals surface area contributed by atoms with E-state index < -0.39 is 0 Å². The SMILES string of the molecule is O=c1cc(C2CNCCC2O)cc[nH]1. The lowest BCUT2D eigenvalue weighted by molar-refractivity contribution is 0.114. The molecule has 0 amide bonds. The van der Waals surface area contributed by atoms with Gasteiger partial charge in [-0.25, -0.2) is 0 Å². The van der Waals surface area contributed by atoms with E-state index in [-0.39, 0.29) is 17.6 Å². The van der Waals surface area contributed by atoms with E-state index >= 15 is 0 Å². The molecule has 1 fully saturated rings. The molecule has 1 aromatic heterocycles. The molecule has 2 unspecified atom stereocenters. The number of nitrogens with one attached hydrogen (secondary N) is 2. The average molecular weight is 194 g/mol. The summed E-state index contributed by atoms with van der Waals surface area (Å²) in [6, 6.07) is 3.41. The number of piperidine rings is 1. The van der Waals surface area contributed by atoms with E-state index in [2.05, 4.69) is 10.3 Å². The summed E-state index contributed by atoms with van der Waals surface area (Å²) in [5.74, 6) is 0.0473. The Kier molecular flexibility index (Phi) is 2.65. The van der Waals surface area contributed by atoms with Gasteiger partial charge < -0.3 is 15.4 Å². The molecule has 1 aliphatic heterocycles. The van der Waals surface area contributed by atoms with Gasteiger partial charge in [0.05, 0.1) is 6.10 Å². The zero-order valence-corrected chi connectivity index (χ0v) is 7.86. The molecule has 0 bridgehead atoms. The standard InChI is InChI=1S/C10H14N2O2/c13-9-2-3-11-6-8(9)7-1-4-12-10(14)5-7/h1,4-5,8-9,11,13H,2-3,6H2,(H,12,14). The van der Waals surface area contributed by atoms with Crippen LogP contribution in [0.2, 0.25) is 0 Å². The number of pyridine rings is 1. The van der Waals surface area contributed by atoms with E-state index in [0.29, 0.717) is 0 Å². The van der Waals surface area contributed by atoms with Crippen molar-refractivity contribution >= 4 is 0 Å². The van der Waals surface area contributed by atoms with Crippen molar-refractivity contribution in [2.45, 2.75) is 18.4 Å². The first kappa shape index (κ1) is 9.43. The van der Waals surface area contributed by atoms with Crippen molar-refractivity contribution in [1.29, 1.82) is 0 Å². The zero-order valence-electron chi connectivity index (χ0n) is 7.86. The van der Waals surface area contributed by atoms with Gasteiger partial charge in [0, 0.05) is 24.7 Å². The molecule has 0 spiro atoms. The maximum Gasteiger partial charge on any atom is 0.248 e. The van der Waals surface area contributed by atoms with Crippen LogP contribution in [0, 0.1) is 0 Å². The van der Waals surface area contributed by atoms with Crippen molar-refractivity contribution in [3.8, 4) is 0 Å². The van der Waals surface area contributed by atoms with Crippen LogP contribution >= 0.6 is 0 Å². The van der Waals surface area contributed by atoms with Crippen molar-refractivity contribution in [1.82, 2.24) is 10.3 Å². The number of aromatic amines is 1. The molecule has 14 heavy (non-hydrogen) atoms. The lowest BCUT2D eigenvalue weighted by Crippen LogP contribution is -2.38. The summed E-state index contributed by atoms with van der Waals surface area (Å²) in [5.41, 5.74) is 0.800. The molecule has 1 aromatic rings. The maximum absolute atomic E-state index is 11.1. The molecule has 0 aromatic carbocycles. The van der Waals surface area contributed by atoms with Gasteiger partial charge in [0.15, 0.2) is 0 Å². The number of hydrogen-bond acceptors (Lipinski definition) is 3. The molecule has 2 atom stereocenters. The van der Waals surface area contributed by atoms with Crippen molar-refractivity contribution in [3.63, 3.8) is 0 Å². The van der Waals surface area contributed by atoms with E-state index in [4.69, 9.17) is 0 Å². The van der Waals surface area contributed by atoms with E-state index in [9.17, 15) is 9.90 Å². The molecule has 76 valence electrons. The Morgan fingerprint density at radius 2 is 2.36 bits per heavy atom. The molecule has 0 aliphatic carbocycles.